The lowest BCUT2D eigenvalue weighted by Gasteiger charge is -2.12. The van der Waals surface area contributed by atoms with Gasteiger partial charge < -0.3 is 15.8 Å². The molecule has 4 aromatic rings. The van der Waals surface area contributed by atoms with Gasteiger partial charge >= 0.3 is 12.1 Å². The number of nitrogens with two attached hydrogens (primary N) is 1. The molecule has 0 radical (unpaired) electrons. The maximum Gasteiger partial charge on any atom is 0.416 e. The molecule has 8 nitrogen and oxygen atoms in total. The van der Waals surface area contributed by atoms with Gasteiger partial charge in [-0.05, 0) is 43.3 Å². The molecule has 0 aliphatic carbocycles. The first kappa shape index (κ1) is 22.8. The van der Waals surface area contributed by atoms with Crippen molar-refractivity contribution in [2.24, 2.45) is 0 Å². The molecule has 0 fully saturated rings. The van der Waals surface area contributed by atoms with Gasteiger partial charge in [0.15, 0.2) is 5.65 Å². The van der Waals surface area contributed by atoms with Crippen molar-refractivity contribution >= 4 is 28.9 Å². The number of nitrogens with zero attached hydrogens (tertiary/aromatic N) is 3. The molecule has 0 bridgehead atoms. The van der Waals surface area contributed by atoms with Crippen molar-refractivity contribution in [3.05, 3.63) is 77.6 Å². The molecular formula is C23H18F3N5O3. The number of aromatic nitrogens is 3. The van der Waals surface area contributed by atoms with Crippen molar-refractivity contribution in [1.82, 2.24) is 14.6 Å². The second kappa shape index (κ2) is 8.85. The standard InChI is InChI=1S/C23H18F3N5O3/c1-2-34-22(33)18-12-29-31-19(6-7-28-20(18)31)13-4-3-5-17(10-13)30-21(32)14-8-15(23(24,25)26)11-16(27)9-14/h3-12H,2,27H2,1H3,(H,30,32). The molecule has 2 aromatic heterocycles. The highest BCUT2D eigenvalue weighted by molar-refractivity contribution is 6.05. The molecule has 34 heavy (non-hydrogen) atoms. The average Bonchev–Trinajstić information content (AvgIpc) is 3.23. The van der Waals surface area contributed by atoms with Crippen LogP contribution in [0.15, 0.2) is 60.9 Å². The van der Waals surface area contributed by atoms with E-state index in [-0.39, 0.29) is 23.4 Å². The third-order valence-electron chi connectivity index (χ3n) is 4.86. The Hall–Kier alpha value is -4.41. The molecule has 0 aliphatic heterocycles. The van der Waals surface area contributed by atoms with E-state index < -0.39 is 23.6 Å². The first-order chi connectivity index (χ1) is 16.2. The van der Waals surface area contributed by atoms with E-state index in [0.29, 0.717) is 22.6 Å². The first-order valence-corrected chi connectivity index (χ1v) is 10.1. The number of nitrogens with one attached hydrogen (secondary N) is 1. The minimum Gasteiger partial charge on any atom is -0.462 e. The van der Waals surface area contributed by atoms with Gasteiger partial charge in [0.1, 0.15) is 5.56 Å². The van der Waals surface area contributed by atoms with E-state index in [1.165, 1.54) is 23.0 Å². The Morgan fingerprint density at radius 1 is 1.15 bits per heavy atom. The molecular weight excluding hydrogens is 451 g/mol. The summed E-state index contributed by atoms with van der Waals surface area (Å²) in [6.45, 7) is 1.89. The lowest BCUT2D eigenvalue weighted by molar-refractivity contribution is -0.137. The van der Waals surface area contributed by atoms with Gasteiger partial charge in [-0.2, -0.15) is 18.3 Å². The van der Waals surface area contributed by atoms with Crippen molar-refractivity contribution < 1.29 is 27.5 Å². The van der Waals surface area contributed by atoms with Crippen molar-refractivity contribution in [3.8, 4) is 11.3 Å². The monoisotopic (exact) mass is 469 g/mol. The van der Waals surface area contributed by atoms with Crippen LogP contribution in [0, 0.1) is 0 Å². The number of amides is 1. The molecule has 0 unspecified atom stereocenters. The Morgan fingerprint density at radius 3 is 2.68 bits per heavy atom. The number of hydrogen-bond donors (Lipinski definition) is 2. The van der Waals surface area contributed by atoms with E-state index in [4.69, 9.17) is 10.5 Å². The molecule has 2 aromatic carbocycles. The molecule has 0 spiro atoms. The Kier molecular flexibility index (Phi) is 5.93. The summed E-state index contributed by atoms with van der Waals surface area (Å²) >= 11 is 0. The predicted octanol–water partition coefficient (Wildman–Crippen LogP) is 4.43. The number of fused-ring (bicyclic) bond motifs is 1. The van der Waals surface area contributed by atoms with Crippen LogP contribution in [0.3, 0.4) is 0 Å². The van der Waals surface area contributed by atoms with E-state index in [2.05, 4.69) is 15.4 Å². The quantitative estimate of drug-likeness (QED) is 0.331. The molecule has 2 heterocycles. The van der Waals surface area contributed by atoms with Crippen LogP contribution in [0.5, 0.6) is 0 Å². The molecule has 4 rings (SSSR count). The van der Waals surface area contributed by atoms with Crippen molar-refractivity contribution in [1.29, 1.82) is 0 Å². The third kappa shape index (κ3) is 4.53. The van der Waals surface area contributed by atoms with Gasteiger partial charge in [0.05, 0.1) is 24.1 Å². The molecule has 11 heteroatoms. The molecule has 0 saturated heterocycles. The zero-order valence-electron chi connectivity index (χ0n) is 17.8. The van der Waals surface area contributed by atoms with Gasteiger partial charge in [0.25, 0.3) is 5.91 Å². The summed E-state index contributed by atoms with van der Waals surface area (Å²) < 4.78 is 45.7. The highest BCUT2D eigenvalue weighted by Crippen LogP contribution is 2.31. The summed E-state index contributed by atoms with van der Waals surface area (Å²) in [5, 5.41) is 6.81. The predicted molar refractivity (Wildman–Crippen MR) is 118 cm³/mol. The van der Waals surface area contributed by atoms with Crippen LogP contribution >= 0.6 is 0 Å². The highest BCUT2D eigenvalue weighted by atomic mass is 19.4. The van der Waals surface area contributed by atoms with Gasteiger partial charge in [-0.3, -0.25) is 4.79 Å². The fraction of sp³-hybridized carbons (Fsp3) is 0.130. The molecule has 174 valence electrons. The van der Waals surface area contributed by atoms with Crippen LogP contribution in [0.1, 0.15) is 33.2 Å². The summed E-state index contributed by atoms with van der Waals surface area (Å²) in [7, 11) is 0. The second-order valence-corrected chi connectivity index (χ2v) is 7.22. The lowest BCUT2D eigenvalue weighted by atomic mass is 10.1. The van der Waals surface area contributed by atoms with Gasteiger partial charge in [-0.25, -0.2) is 14.3 Å². The Morgan fingerprint density at radius 2 is 1.94 bits per heavy atom. The number of halogens is 3. The van der Waals surface area contributed by atoms with Crippen molar-refractivity contribution in [2.45, 2.75) is 13.1 Å². The maximum absolute atomic E-state index is 13.1. The van der Waals surface area contributed by atoms with E-state index >= 15 is 0 Å². The van der Waals surface area contributed by atoms with Crippen LogP contribution in [0.2, 0.25) is 0 Å². The Bertz CT molecular complexity index is 1400. The average molecular weight is 469 g/mol. The fourth-order valence-electron chi connectivity index (χ4n) is 3.37. The van der Waals surface area contributed by atoms with Crippen LogP contribution in [0.25, 0.3) is 16.9 Å². The summed E-state index contributed by atoms with van der Waals surface area (Å²) in [6.07, 6.45) is -1.78. The second-order valence-electron chi connectivity index (χ2n) is 7.22. The van der Waals surface area contributed by atoms with Crippen molar-refractivity contribution in [3.63, 3.8) is 0 Å². The molecule has 3 N–H and O–H groups in total. The SMILES string of the molecule is CCOC(=O)c1cnn2c(-c3cccc(NC(=O)c4cc(N)cc(C(F)(F)F)c4)c3)ccnc12. The Balaban J connectivity index is 1.65. The number of esters is 1. The van der Waals surface area contributed by atoms with Crippen LogP contribution < -0.4 is 11.1 Å². The van der Waals surface area contributed by atoms with Gasteiger partial charge in [0.2, 0.25) is 0 Å². The van der Waals surface area contributed by atoms with Crippen LogP contribution in [-0.4, -0.2) is 33.1 Å². The number of ether oxygens (including phenoxy) is 1. The highest BCUT2D eigenvalue weighted by Gasteiger charge is 2.31. The zero-order chi connectivity index (χ0) is 24.5. The minimum atomic E-state index is -4.64. The Labute approximate surface area is 191 Å². The number of carbonyl (C=O) groups excluding carboxylic acids is 2. The first-order valence-electron chi connectivity index (χ1n) is 10.1. The lowest BCUT2D eigenvalue weighted by Crippen LogP contribution is -2.15. The number of hydrogen-bond acceptors (Lipinski definition) is 6. The third-order valence-corrected chi connectivity index (χ3v) is 4.86. The number of benzene rings is 2. The van der Waals surface area contributed by atoms with E-state index in [1.807, 2.05) is 0 Å². The zero-order valence-corrected chi connectivity index (χ0v) is 17.8. The summed E-state index contributed by atoms with van der Waals surface area (Å²) in [5.41, 5.74) is 6.16. The van der Waals surface area contributed by atoms with E-state index in [0.717, 1.165) is 12.1 Å². The van der Waals surface area contributed by atoms with Crippen LogP contribution in [0.4, 0.5) is 24.5 Å². The van der Waals surface area contributed by atoms with Crippen molar-refractivity contribution in [2.75, 3.05) is 17.7 Å². The number of alkyl halides is 3. The summed E-state index contributed by atoms with van der Waals surface area (Å²) in [6, 6.07) is 11.0. The molecule has 0 aliphatic rings. The summed E-state index contributed by atoms with van der Waals surface area (Å²) in [4.78, 5) is 29.0. The number of anilines is 2. The van der Waals surface area contributed by atoms with E-state index in [9.17, 15) is 22.8 Å². The largest absolute Gasteiger partial charge is 0.462 e. The normalized spacial score (nSPS) is 11.4. The smallest absolute Gasteiger partial charge is 0.416 e. The number of rotatable bonds is 5. The molecule has 1 amide bonds. The van der Waals surface area contributed by atoms with Gasteiger partial charge in [-0.15, -0.1) is 0 Å². The molecule has 0 atom stereocenters. The van der Waals surface area contributed by atoms with Gasteiger partial charge in [-0.1, -0.05) is 12.1 Å². The molecule has 0 saturated carbocycles. The topological polar surface area (TPSA) is 112 Å². The number of nitrogen functional groups attached to an aromatic ring is 1. The number of carbonyl (C=O) groups is 2. The maximum atomic E-state index is 13.1. The van der Waals surface area contributed by atoms with Gasteiger partial charge in [0, 0.05) is 28.7 Å². The van der Waals surface area contributed by atoms with E-state index in [1.54, 1.807) is 37.3 Å². The minimum absolute atomic E-state index is 0.177. The summed E-state index contributed by atoms with van der Waals surface area (Å²) in [5.74, 6) is -1.30. The fourth-order valence-corrected chi connectivity index (χ4v) is 3.37. The van der Waals surface area contributed by atoms with Crippen LogP contribution in [-0.2, 0) is 10.9 Å².